The quantitative estimate of drug-likeness (QED) is 0.552. The highest BCUT2D eigenvalue weighted by Crippen LogP contribution is 2.28. The number of methoxy groups -OCH3 is 3. The maximum atomic E-state index is 11.9. The predicted molar refractivity (Wildman–Crippen MR) is 100 cm³/mol. The van der Waals surface area contributed by atoms with Crippen LogP contribution in [0.2, 0.25) is 0 Å². The fraction of sp³-hybridized carbons (Fsp3) is 0.250. The van der Waals surface area contributed by atoms with Crippen molar-refractivity contribution < 1.29 is 23.7 Å². The van der Waals surface area contributed by atoms with Crippen molar-refractivity contribution in [3.05, 3.63) is 54.1 Å². The first-order chi connectivity index (χ1) is 12.7. The van der Waals surface area contributed by atoms with Gasteiger partial charge in [0.05, 0.1) is 27.9 Å². The van der Waals surface area contributed by atoms with Crippen molar-refractivity contribution >= 4 is 12.0 Å². The molecule has 0 heterocycles. The second-order valence-electron chi connectivity index (χ2n) is 5.24. The first-order valence-corrected chi connectivity index (χ1v) is 8.11. The van der Waals surface area contributed by atoms with Crippen molar-refractivity contribution in [1.82, 2.24) is 5.32 Å². The molecule has 0 atom stereocenters. The summed E-state index contributed by atoms with van der Waals surface area (Å²) in [6.07, 6.45) is 3.17. The summed E-state index contributed by atoms with van der Waals surface area (Å²) in [6.45, 7) is 0.726. The number of para-hydroxylation sites is 2. The summed E-state index contributed by atoms with van der Waals surface area (Å²) in [5, 5.41) is 2.76. The maximum absolute atomic E-state index is 11.9. The molecule has 138 valence electrons. The molecule has 6 heteroatoms. The van der Waals surface area contributed by atoms with Crippen molar-refractivity contribution in [2.24, 2.45) is 0 Å². The standard InChI is InChI=1S/C20H23NO5/c1-23-16-6-4-5-7-18(16)26-13-12-21-20(22)11-9-15-8-10-17(24-2)19(14-15)25-3/h4-11,14H,12-13H2,1-3H3,(H,21,22). The van der Waals surface area contributed by atoms with Gasteiger partial charge in [-0.15, -0.1) is 0 Å². The minimum absolute atomic E-state index is 0.205. The monoisotopic (exact) mass is 357 g/mol. The molecule has 0 spiro atoms. The third-order valence-electron chi connectivity index (χ3n) is 3.56. The summed E-state index contributed by atoms with van der Waals surface area (Å²) >= 11 is 0. The van der Waals surface area contributed by atoms with E-state index in [1.165, 1.54) is 6.08 Å². The van der Waals surface area contributed by atoms with Gasteiger partial charge in [-0.3, -0.25) is 4.79 Å². The zero-order chi connectivity index (χ0) is 18.8. The van der Waals surface area contributed by atoms with Crippen LogP contribution in [0.25, 0.3) is 6.08 Å². The number of amides is 1. The molecular weight excluding hydrogens is 334 g/mol. The van der Waals surface area contributed by atoms with Crippen LogP contribution in [-0.2, 0) is 4.79 Å². The van der Waals surface area contributed by atoms with E-state index >= 15 is 0 Å². The maximum Gasteiger partial charge on any atom is 0.244 e. The molecule has 0 saturated carbocycles. The molecule has 0 fully saturated rings. The van der Waals surface area contributed by atoms with Gasteiger partial charge in [0.15, 0.2) is 23.0 Å². The van der Waals surface area contributed by atoms with Gasteiger partial charge >= 0.3 is 0 Å². The van der Waals surface area contributed by atoms with E-state index in [-0.39, 0.29) is 5.91 Å². The van der Waals surface area contributed by atoms with E-state index in [0.717, 1.165) is 5.56 Å². The first-order valence-electron chi connectivity index (χ1n) is 8.11. The van der Waals surface area contributed by atoms with Gasteiger partial charge in [0, 0.05) is 6.08 Å². The fourth-order valence-electron chi connectivity index (χ4n) is 2.26. The van der Waals surface area contributed by atoms with Crippen molar-refractivity contribution in [1.29, 1.82) is 0 Å². The van der Waals surface area contributed by atoms with E-state index in [4.69, 9.17) is 18.9 Å². The van der Waals surface area contributed by atoms with E-state index < -0.39 is 0 Å². The molecule has 26 heavy (non-hydrogen) atoms. The Kier molecular flexibility index (Phi) is 7.36. The van der Waals surface area contributed by atoms with Gasteiger partial charge < -0.3 is 24.3 Å². The fourth-order valence-corrected chi connectivity index (χ4v) is 2.26. The largest absolute Gasteiger partial charge is 0.493 e. The van der Waals surface area contributed by atoms with Gasteiger partial charge in [0.1, 0.15) is 6.61 Å². The summed E-state index contributed by atoms with van der Waals surface area (Å²) in [4.78, 5) is 11.9. The topological polar surface area (TPSA) is 66.0 Å². The Labute approximate surface area is 153 Å². The molecule has 0 aliphatic heterocycles. The summed E-state index contributed by atoms with van der Waals surface area (Å²) in [5.74, 6) is 2.35. The summed E-state index contributed by atoms with van der Waals surface area (Å²) in [5.41, 5.74) is 0.836. The normalized spacial score (nSPS) is 10.4. The molecule has 0 aromatic heterocycles. The van der Waals surface area contributed by atoms with Crippen LogP contribution in [0.3, 0.4) is 0 Å². The second kappa shape index (κ2) is 9.98. The molecule has 0 saturated heterocycles. The SMILES string of the molecule is COc1ccc(C=CC(=O)NCCOc2ccccc2OC)cc1OC. The molecule has 6 nitrogen and oxygen atoms in total. The Hall–Kier alpha value is -3.15. The number of hydrogen-bond donors (Lipinski definition) is 1. The zero-order valence-electron chi connectivity index (χ0n) is 15.2. The van der Waals surface area contributed by atoms with Crippen molar-refractivity contribution in [3.63, 3.8) is 0 Å². The number of carbonyl (C=O) groups is 1. The summed E-state index contributed by atoms with van der Waals surface area (Å²) in [6, 6.07) is 12.8. The van der Waals surface area contributed by atoms with Crippen LogP contribution in [0.15, 0.2) is 48.5 Å². The van der Waals surface area contributed by atoms with E-state index in [1.807, 2.05) is 30.3 Å². The van der Waals surface area contributed by atoms with Crippen LogP contribution in [0.5, 0.6) is 23.0 Å². The summed E-state index contributed by atoms with van der Waals surface area (Å²) < 4.78 is 21.2. The van der Waals surface area contributed by atoms with Crippen LogP contribution in [-0.4, -0.2) is 40.4 Å². The van der Waals surface area contributed by atoms with Crippen LogP contribution in [0.1, 0.15) is 5.56 Å². The van der Waals surface area contributed by atoms with Crippen LogP contribution in [0.4, 0.5) is 0 Å². The Balaban J connectivity index is 1.80. The lowest BCUT2D eigenvalue weighted by atomic mass is 10.2. The zero-order valence-corrected chi connectivity index (χ0v) is 15.2. The van der Waals surface area contributed by atoms with E-state index in [9.17, 15) is 4.79 Å². The third kappa shape index (κ3) is 5.44. The van der Waals surface area contributed by atoms with Gasteiger partial charge in [-0.05, 0) is 35.9 Å². The van der Waals surface area contributed by atoms with Crippen LogP contribution < -0.4 is 24.3 Å². The number of nitrogens with one attached hydrogen (secondary N) is 1. The van der Waals surface area contributed by atoms with Crippen molar-refractivity contribution in [3.8, 4) is 23.0 Å². The van der Waals surface area contributed by atoms with Gasteiger partial charge in [-0.2, -0.15) is 0 Å². The Morgan fingerprint density at radius 2 is 1.58 bits per heavy atom. The number of carbonyl (C=O) groups excluding carboxylic acids is 1. The van der Waals surface area contributed by atoms with Gasteiger partial charge in [-0.1, -0.05) is 18.2 Å². The smallest absolute Gasteiger partial charge is 0.244 e. The van der Waals surface area contributed by atoms with E-state index in [0.29, 0.717) is 36.1 Å². The molecule has 0 radical (unpaired) electrons. The minimum Gasteiger partial charge on any atom is -0.493 e. The summed E-state index contributed by atoms with van der Waals surface area (Å²) in [7, 11) is 4.73. The highest BCUT2D eigenvalue weighted by molar-refractivity contribution is 5.91. The lowest BCUT2D eigenvalue weighted by Crippen LogP contribution is -2.26. The molecule has 0 bridgehead atoms. The Morgan fingerprint density at radius 1 is 0.923 bits per heavy atom. The number of rotatable bonds is 9. The van der Waals surface area contributed by atoms with Crippen LogP contribution >= 0.6 is 0 Å². The Bertz CT molecular complexity index is 758. The second-order valence-corrected chi connectivity index (χ2v) is 5.24. The number of hydrogen-bond acceptors (Lipinski definition) is 5. The highest BCUT2D eigenvalue weighted by atomic mass is 16.5. The molecule has 2 aromatic rings. The molecule has 1 N–H and O–H groups in total. The van der Waals surface area contributed by atoms with Gasteiger partial charge in [0.25, 0.3) is 0 Å². The predicted octanol–water partition coefficient (Wildman–Crippen LogP) is 2.92. The van der Waals surface area contributed by atoms with E-state index in [1.54, 1.807) is 39.5 Å². The third-order valence-corrected chi connectivity index (χ3v) is 3.56. The molecule has 2 rings (SSSR count). The molecule has 0 aliphatic rings. The molecule has 2 aromatic carbocycles. The lowest BCUT2D eigenvalue weighted by Gasteiger charge is -2.10. The van der Waals surface area contributed by atoms with Crippen LogP contribution in [0, 0.1) is 0 Å². The first kappa shape index (κ1) is 19.2. The number of benzene rings is 2. The average Bonchev–Trinajstić information content (AvgIpc) is 2.69. The lowest BCUT2D eigenvalue weighted by molar-refractivity contribution is -0.116. The minimum atomic E-state index is -0.205. The Morgan fingerprint density at radius 3 is 2.27 bits per heavy atom. The van der Waals surface area contributed by atoms with Crippen molar-refractivity contribution in [2.75, 3.05) is 34.5 Å². The molecule has 0 unspecified atom stereocenters. The van der Waals surface area contributed by atoms with Gasteiger partial charge in [0.2, 0.25) is 5.91 Å². The number of ether oxygens (including phenoxy) is 4. The molecule has 1 amide bonds. The van der Waals surface area contributed by atoms with Gasteiger partial charge in [-0.25, -0.2) is 0 Å². The molecular formula is C20H23NO5. The average molecular weight is 357 g/mol. The van der Waals surface area contributed by atoms with E-state index in [2.05, 4.69) is 5.32 Å². The molecule has 0 aliphatic carbocycles. The van der Waals surface area contributed by atoms with Crippen molar-refractivity contribution in [2.45, 2.75) is 0 Å². The highest BCUT2D eigenvalue weighted by Gasteiger charge is 2.04.